The molecule has 2 aliphatic heterocycles. The van der Waals surface area contributed by atoms with Gasteiger partial charge in [-0.05, 0) is 54.8 Å². The molecule has 5 nitrogen and oxygen atoms in total. The van der Waals surface area contributed by atoms with Crippen LogP contribution in [0.3, 0.4) is 0 Å². The van der Waals surface area contributed by atoms with E-state index in [0.29, 0.717) is 12.2 Å². The molecule has 128 valence electrons. The zero-order valence-corrected chi connectivity index (χ0v) is 13.7. The van der Waals surface area contributed by atoms with Gasteiger partial charge in [0, 0.05) is 12.1 Å². The number of carbonyl (C=O) groups excluding carboxylic acids is 1. The molecule has 25 heavy (non-hydrogen) atoms. The molecule has 0 spiro atoms. The van der Waals surface area contributed by atoms with E-state index in [2.05, 4.69) is 10.4 Å². The van der Waals surface area contributed by atoms with Crippen molar-refractivity contribution in [3.05, 3.63) is 65.5 Å². The van der Waals surface area contributed by atoms with Gasteiger partial charge in [-0.15, -0.1) is 0 Å². The number of anilines is 1. The molecule has 1 fully saturated rings. The van der Waals surface area contributed by atoms with Crippen molar-refractivity contribution in [2.45, 2.75) is 18.9 Å². The first kappa shape index (κ1) is 15.6. The molecule has 1 amide bonds. The van der Waals surface area contributed by atoms with Gasteiger partial charge in [-0.2, -0.15) is 0 Å². The first-order valence-corrected chi connectivity index (χ1v) is 8.41. The lowest BCUT2D eigenvalue weighted by atomic mass is 10.0. The number of hydrogen-bond donors (Lipinski definition) is 1. The van der Waals surface area contributed by atoms with E-state index in [0.717, 1.165) is 30.6 Å². The lowest BCUT2D eigenvalue weighted by molar-refractivity contribution is 0.0735. The summed E-state index contributed by atoms with van der Waals surface area (Å²) in [4.78, 5) is 18.9. The third-order valence-corrected chi connectivity index (χ3v) is 4.72. The highest BCUT2D eigenvalue weighted by molar-refractivity contribution is 5.95. The molecule has 2 aromatic rings. The van der Waals surface area contributed by atoms with Crippen molar-refractivity contribution < 1.29 is 9.18 Å². The summed E-state index contributed by atoms with van der Waals surface area (Å²) >= 11 is 0. The Morgan fingerprint density at radius 2 is 1.88 bits per heavy atom. The maximum atomic E-state index is 13.2. The van der Waals surface area contributed by atoms with Crippen molar-refractivity contribution >= 4 is 17.9 Å². The first-order valence-electron chi connectivity index (χ1n) is 8.41. The molecule has 1 N–H and O–H groups in total. The van der Waals surface area contributed by atoms with Crippen molar-refractivity contribution in [1.82, 2.24) is 10.3 Å². The second-order valence-corrected chi connectivity index (χ2v) is 6.27. The molecule has 2 aromatic carbocycles. The maximum absolute atomic E-state index is 13.2. The highest BCUT2D eigenvalue weighted by Crippen LogP contribution is 2.33. The minimum absolute atomic E-state index is 0.0152. The Bertz CT molecular complexity index is 780. The van der Waals surface area contributed by atoms with Crippen molar-refractivity contribution in [1.29, 1.82) is 0 Å². The number of rotatable bonds is 3. The Hall–Kier alpha value is -2.89. The molecule has 6 heteroatoms. The van der Waals surface area contributed by atoms with E-state index in [-0.39, 0.29) is 17.8 Å². The lowest BCUT2D eigenvalue weighted by Gasteiger charge is -2.25. The molecule has 2 heterocycles. The Labute approximate surface area is 145 Å². The summed E-state index contributed by atoms with van der Waals surface area (Å²) in [5, 5.41) is 1.89. The molecule has 1 atom stereocenters. The molecule has 0 bridgehead atoms. The van der Waals surface area contributed by atoms with Crippen LogP contribution in [-0.4, -0.2) is 30.4 Å². The van der Waals surface area contributed by atoms with E-state index in [4.69, 9.17) is 0 Å². The van der Waals surface area contributed by atoms with E-state index < -0.39 is 0 Å². The van der Waals surface area contributed by atoms with Crippen LogP contribution in [0.5, 0.6) is 0 Å². The fourth-order valence-electron chi connectivity index (χ4n) is 3.42. The summed E-state index contributed by atoms with van der Waals surface area (Å²) in [6.07, 6.45) is 3.52. The van der Waals surface area contributed by atoms with Gasteiger partial charge in [0.05, 0.1) is 11.7 Å². The Balaban J connectivity index is 1.52. The van der Waals surface area contributed by atoms with Gasteiger partial charge in [0.25, 0.3) is 5.91 Å². The molecule has 0 aliphatic carbocycles. The van der Waals surface area contributed by atoms with Gasteiger partial charge in [-0.3, -0.25) is 20.2 Å². The van der Waals surface area contributed by atoms with E-state index in [1.54, 1.807) is 18.5 Å². The van der Waals surface area contributed by atoms with Gasteiger partial charge in [0.15, 0.2) is 0 Å². The number of benzene rings is 2. The van der Waals surface area contributed by atoms with Crippen LogP contribution in [0.2, 0.25) is 0 Å². The number of nitrogens with zero attached hydrogens (tertiary/aromatic N) is 3. The number of hydrazine groups is 1. The number of nitrogens with one attached hydrogen (secondary N) is 1. The van der Waals surface area contributed by atoms with E-state index in [9.17, 15) is 9.18 Å². The van der Waals surface area contributed by atoms with Crippen molar-refractivity contribution in [3.8, 4) is 0 Å². The van der Waals surface area contributed by atoms with Gasteiger partial charge < -0.3 is 4.90 Å². The van der Waals surface area contributed by atoms with E-state index in [1.807, 2.05) is 34.2 Å². The van der Waals surface area contributed by atoms with Crippen LogP contribution < -0.4 is 10.4 Å². The van der Waals surface area contributed by atoms with Gasteiger partial charge in [0.2, 0.25) is 0 Å². The predicted molar refractivity (Wildman–Crippen MR) is 94.8 cm³/mol. The topological polar surface area (TPSA) is 47.9 Å². The lowest BCUT2D eigenvalue weighted by Crippen LogP contribution is -2.32. The van der Waals surface area contributed by atoms with Crippen LogP contribution in [0.25, 0.3) is 0 Å². The molecule has 0 aromatic heterocycles. The Kier molecular flexibility index (Phi) is 4.09. The molecular formula is C19H19FN4O. The second-order valence-electron chi connectivity index (χ2n) is 6.27. The SMILES string of the molecule is O=C(c1ccc(N2CN=CN2)cc1)N1CCCC1c1ccc(F)cc1. The van der Waals surface area contributed by atoms with Crippen LogP contribution in [-0.2, 0) is 0 Å². The van der Waals surface area contributed by atoms with Gasteiger partial charge in [-0.25, -0.2) is 4.39 Å². The molecule has 4 rings (SSSR count). The fraction of sp³-hybridized carbons (Fsp3) is 0.263. The standard InChI is InChI=1S/C19H19FN4O/c20-16-7-3-14(4-8-16)18-2-1-11-23(18)19(25)15-5-9-17(10-6-15)24-13-21-12-22-24/h3-10,12,18H,1-2,11,13H2,(H,21,22). The summed E-state index contributed by atoms with van der Waals surface area (Å²) in [5.41, 5.74) is 5.64. The van der Waals surface area contributed by atoms with Crippen LogP contribution in [0.15, 0.2) is 53.5 Å². The Morgan fingerprint density at radius 3 is 2.56 bits per heavy atom. The fourth-order valence-corrected chi connectivity index (χ4v) is 3.42. The number of hydrogen-bond acceptors (Lipinski definition) is 4. The number of halogens is 1. The van der Waals surface area contributed by atoms with Crippen LogP contribution in [0.1, 0.15) is 34.8 Å². The Morgan fingerprint density at radius 1 is 1.12 bits per heavy atom. The summed E-state index contributed by atoms with van der Waals surface area (Å²) in [7, 11) is 0. The minimum Gasteiger partial charge on any atom is -0.332 e. The molecular weight excluding hydrogens is 319 g/mol. The first-order chi connectivity index (χ1) is 12.2. The summed E-state index contributed by atoms with van der Waals surface area (Å²) < 4.78 is 13.2. The largest absolute Gasteiger partial charge is 0.332 e. The van der Waals surface area contributed by atoms with Crippen LogP contribution in [0.4, 0.5) is 10.1 Å². The van der Waals surface area contributed by atoms with Gasteiger partial charge in [0.1, 0.15) is 18.8 Å². The van der Waals surface area contributed by atoms with Crippen molar-refractivity contribution in [3.63, 3.8) is 0 Å². The number of amides is 1. The molecule has 1 unspecified atom stereocenters. The summed E-state index contributed by atoms with van der Waals surface area (Å²) in [6, 6.07) is 14.0. The van der Waals surface area contributed by atoms with Crippen molar-refractivity contribution in [2.75, 3.05) is 18.2 Å². The maximum Gasteiger partial charge on any atom is 0.254 e. The average Bonchev–Trinajstić information content (AvgIpc) is 3.34. The molecule has 2 aliphatic rings. The average molecular weight is 338 g/mol. The summed E-state index contributed by atoms with van der Waals surface area (Å²) in [6.45, 7) is 1.29. The van der Waals surface area contributed by atoms with E-state index in [1.165, 1.54) is 12.1 Å². The third kappa shape index (κ3) is 3.07. The normalized spacial score (nSPS) is 19.3. The summed E-state index contributed by atoms with van der Waals surface area (Å²) in [5.74, 6) is -0.237. The number of carbonyl (C=O) groups is 1. The van der Waals surface area contributed by atoms with Gasteiger partial charge >= 0.3 is 0 Å². The molecule has 1 saturated heterocycles. The zero-order chi connectivity index (χ0) is 17.2. The minimum atomic E-state index is -0.255. The van der Waals surface area contributed by atoms with Crippen LogP contribution >= 0.6 is 0 Å². The van der Waals surface area contributed by atoms with Crippen LogP contribution in [0, 0.1) is 5.82 Å². The smallest absolute Gasteiger partial charge is 0.254 e. The molecule has 0 saturated carbocycles. The van der Waals surface area contributed by atoms with E-state index >= 15 is 0 Å². The number of likely N-dealkylation sites (tertiary alicyclic amines) is 1. The second kappa shape index (κ2) is 6.55. The number of aliphatic imine (C=N–C) groups is 1. The quantitative estimate of drug-likeness (QED) is 0.935. The zero-order valence-electron chi connectivity index (χ0n) is 13.7. The third-order valence-electron chi connectivity index (χ3n) is 4.72. The predicted octanol–water partition coefficient (Wildman–Crippen LogP) is 3.11. The molecule has 0 radical (unpaired) electrons. The highest BCUT2D eigenvalue weighted by atomic mass is 19.1. The van der Waals surface area contributed by atoms with Crippen molar-refractivity contribution in [2.24, 2.45) is 4.99 Å². The van der Waals surface area contributed by atoms with Gasteiger partial charge in [-0.1, -0.05) is 12.1 Å². The monoisotopic (exact) mass is 338 g/mol. The highest BCUT2D eigenvalue weighted by Gasteiger charge is 2.30.